The van der Waals surface area contributed by atoms with E-state index in [1.54, 1.807) is 35.0 Å². The van der Waals surface area contributed by atoms with Crippen molar-refractivity contribution in [3.8, 4) is 5.69 Å². The highest BCUT2D eigenvalue weighted by molar-refractivity contribution is 6.37. The summed E-state index contributed by atoms with van der Waals surface area (Å²) in [6, 6.07) is 11.4. The molecule has 4 heterocycles. The lowest BCUT2D eigenvalue weighted by molar-refractivity contribution is 0.435. The quantitative estimate of drug-likeness (QED) is 0.364. The van der Waals surface area contributed by atoms with Crippen molar-refractivity contribution >= 4 is 51.6 Å². The van der Waals surface area contributed by atoms with Crippen LogP contribution in [0.5, 0.6) is 0 Å². The van der Waals surface area contributed by atoms with Crippen molar-refractivity contribution in [1.82, 2.24) is 29.2 Å². The minimum atomic E-state index is -0.359. The normalized spacial score (nSPS) is 14.9. The first kappa shape index (κ1) is 22.0. The van der Waals surface area contributed by atoms with Gasteiger partial charge in [-0.25, -0.2) is 14.5 Å². The Labute approximate surface area is 210 Å². The van der Waals surface area contributed by atoms with Gasteiger partial charge in [0.25, 0.3) is 5.56 Å². The average Bonchev–Trinajstić information content (AvgIpc) is 3.30. The van der Waals surface area contributed by atoms with Crippen LogP contribution in [0.15, 0.2) is 59.8 Å². The van der Waals surface area contributed by atoms with Crippen LogP contribution >= 0.6 is 23.2 Å². The minimum absolute atomic E-state index is 0.0725. The summed E-state index contributed by atoms with van der Waals surface area (Å²) >= 11 is 12.8. The molecule has 3 aromatic heterocycles. The first-order valence-electron chi connectivity index (χ1n) is 11.1. The average molecular weight is 506 g/mol. The molecule has 0 unspecified atom stereocenters. The van der Waals surface area contributed by atoms with Crippen LogP contribution in [0.4, 0.5) is 11.6 Å². The Hall–Kier alpha value is -3.46. The number of para-hydroxylation sites is 1. The maximum Gasteiger partial charge on any atom is 0.270 e. The molecule has 0 spiro atoms. The van der Waals surface area contributed by atoms with Crippen LogP contribution in [0, 0.1) is 0 Å². The molecule has 0 saturated carbocycles. The predicted molar refractivity (Wildman–Crippen MR) is 138 cm³/mol. The minimum Gasteiger partial charge on any atom is -0.324 e. The second-order valence-corrected chi connectivity index (χ2v) is 10.0. The van der Waals surface area contributed by atoms with Gasteiger partial charge in [0.05, 0.1) is 15.7 Å². The van der Waals surface area contributed by atoms with Crippen molar-refractivity contribution in [1.29, 1.82) is 0 Å². The van der Waals surface area contributed by atoms with E-state index in [-0.39, 0.29) is 11.0 Å². The summed E-state index contributed by atoms with van der Waals surface area (Å²) in [7, 11) is 0. The molecular weight excluding hydrogens is 485 g/mol. The number of nitrogens with one attached hydrogen (secondary N) is 2. The molecule has 0 radical (unpaired) electrons. The summed E-state index contributed by atoms with van der Waals surface area (Å²) in [5.74, 6) is 0.729. The highest BCUT2D eigenvalue weighted by atomic mass is 35.5. The van der Waals surface area contributed by atoms with Gasteiger partial charge >= 0.3 is 0 Å². The smallest absolute Gasteiger partial charge is 0.270 e. The Morgan fingerprint density at radius 1 is 1.11 bits per heavy atom. The lowest BCUT2D eigenvalue weighted by Gasteiger charge is -2.33. The maximum atomic E-state index is 13.5. The van der Waals surface area contributed by atoms with E-state index < -0.39 is 0 Å². The fraction of sp³-hybridized carbons (Fsp3) is 0.200. The van der Waals surface area contributed by atoms with E-state index in [2.05, 4.69) is 51.6 Å². The molecule has 0 fully saturated rings. The summed E-state index contributed by atoms with van der Waals surface area (Å²) in [6.45, 7) is 6.22. The lowest BCUT2D eigenvalue weighted by atomic mass is 9.79. The predicted octanol–water partition coefficient (Wildman–Crippen LogP) is 4.86. The van der Waals surface area contributed by atoms with Crippen molar-refractivity contribution in [2.75, 3.05) is 11.9 Å². The monoisotopic (exact) mass is 505 g/mol. The highest BCUT2D eigenvalue weighted by Gasteiger charge is 2.27. The Morgan fingerprint density at radius 2 is 1.91 bits per heavy atom. The molecule has 6 rings (SSSR count). The third-order valence-corrected chi connectivity index (χ3v) is 7.00. The van der Waals surface area contributed by atoms with E-state index in [4.69, 9.17) is 23.2 Å². The van der Waals surface area contributed by atoms with E-state index in [1.807, 2.05) is 6.07 Å². The molecule has 5 aromatic rings. The molecular formula is C25H21Cl2N7O. The number of nitrogens with zero attached hydrogens (tertiary/aromatic N) is 5. The fourth-order valence-corrected chi connectivity index (χ4v) is 5.29. The van der Waals surface area contributed by atoms with Gasteiger partial charge in [0.2, 0.25) is 11.7 Å². The zero-order valence-corrected chi connectivity index (χ0v) is 20.5. The summed E-state index contributed by atoms with van der Waals surface area (Å²) in [4.78, 5) is 27.0. The number of hydrogen-bond acceptors (Lipinski definition) is 6. The number of fused-ring (bicyclic) bond motifs is 4. The van der Waals surface area contributed by atoms with Crippen LogP contribution in [0.3, 0.4) is 0 Å². The van der Waals surface area contributed by atoms with Gasteiger partial charge in [0, 0.05) is 42.8 Å². The fourth-order valence-electron chi connectivity index (χ4n) is 4.72. The molecule has 2 aromatic carbocycles. The zero-order chi connectivity index (χ0) is 24.3. The Balaban J connectivity index is 1.47. The third kappa shape index (κ3) is 3.56. The molecule has 35 heavy (non-hydrogen) atoms. The molecule has 0 aliphatic carbocycles. The SMILES string of the molecule is CC1(C)CNCc2cc(Nc3ncc4c(=O)n(-c5c(Cl)cccc5Cl)c5nccn5c4n3)ccc21. The molecule has 10 heteroatoms. The Morgan fingerprint density at radius 3 is 2.71 bits per heavy atom. The van der Waals surface area contributed by atoms with Gasteiger partial charge in [-0.2, -0.15) is 4.98 Å². The second kappa shape index (κ2) is 8.05. The number of hydrogen-bond donors (Lipinski definition) is 2. The molecule has 0 amide bonds. The number of imidazole rings is 1. The van der Waals surface area contributed by atoms with Crippen molar-refractivity contribution in [3.05, 3.63) is 86.5 Å². The first-order chi connectivity index (χ1) is 16.8. The molecule has 176 valence electrons. The van der Waals surface area contributed by atoms with E-state index in [0.717, 1.165) is 18.8 Å². The van der Waals surface area contributed by atoms with Crippen LogP contribution in [0.2, 0.25) is 10.0 Å². The van der Waals surface area contributed by atoms with E-state index in [0.29, 0.717) is 38.5 Å². The second-order valence-electron chi connectivity index (χ2n) is 9.22. The number of aromatic nitrogens is 5. The highest BCUT2D eigenvalue weighted by Crippen LogP contribution is 2.32. The van der Waals surface area contributed by atoms with Crippen molar-refractivity contribution in [2.24, 2.45) is 0 Å². The van der Waals surface area contributed by atoms with Crippen LogP contribution in [0.25, 0.3) is 22.5 Å². The first-order valence-corrected chi connectivity index (χ1v) is 11.9. The van der Waals surface area contributed by atoms with E-state index in [9.17, 15) is 4.79 Å². The van der Waals surface area contributed by atoms with Gasteiger partial charge in [-0.1, -0.05) is 49.2 Å². The Bertz CT molecular complexity index is 1670. The van der Waals surface area contributed by atoms with Gasteiger partial charge < -0.3 is 10.6 Å². The van der Waals surface area contributed by atoms with Crippen molar-refractivity contribution < 1.29 is 0 Å². The molecule has 0 saturated heterocycles. The van der Waals surface area contributed by atoms with Gasteiger partial charge in [0.15, 0.2) is 5.65 Å². The topological polar surface area (TPSA) is 89.1 Å². The summed E-state index contributed by atoms with van der Waals surface area (Å²) in [5, 5.41) is 7.75. The van der Waals surface area contributed by atoms with Crippen LogP contribution in [-0.2, 0) is 12.0 Å². The number of halogens is 2. The number of rotatable bonds is 3. The summed E-state index contributed by atoms with van der Waals surface area (Å²) in [6.07, 6.45) is 4.85. The van der Waals surface area contributed by atoms with Gasteiger partial charge in [-0.3, -0.25) is 9.20 Å². The van der Waals surface area contributed by atoms with Crippen molar-refractivity contribution in [2.45, 2.75) is 25.8 Å². The van der Waals surface area contributed by atoms with Crippen LogP contribution in [-0.4, -0.2) is 30.5 Å². The zero-order valence-electron chi connectivity index (χ0n) is 19.0. The largest absolute Gasteiger partial charge is 0.324 e. The maximum absolute atomic E-state index is 13.5. The summed E-state index contributed by atoms with van der Waals surface area (Å²) in [5.41, 5.74) is 3.96. The molecule has 0 bridgehead atoms. The molecule has 0 atom stereocenters. The molecule has 1 aliphatic rings. The van der Waals surface area contributed by atoms with Gasteiger partial charge in [-0.15, -0.1) is 0 Å². The standard InChI is InChI=1S/C25H21Cl2N7O/c1-25(2)13-28-11-14-10-15(6-7-17(14)25)31-23-30-12-16-21(32-23)33-9-8-29-24(33)34(22(16)35)20-18(26)4-3-5-19(20)27/h3-10,12,28H,11,13H2,1-2H3,(H,30,31,32). The third-order valence-electron chi connectivity index (χ3n) is 6.39. The van der Waals surface area contributed by atoms with Crippen molar-refractivity contribution in [3.63, 3.8) is 0 Å². The van der Waals surface area contributed by atoms with Gasteiger partial charge in [0.1, 0.15) is 5.39 Å². The van der Waals surface area contributed by atoms with Crippen LogP contribution < -0.4 is 16.2 Å². The molecule has 8 nitrogen and oxygen atoms in total. The molecule has 1 aliphatic heterocycles. The number of anilines is 2. The Kier molecular flexibility index (Phi) is 5.07. The van der Waals surface area contributed by atoms with E-state index in [1.165, 1.54) is 21.9 Å². The number of benzene rings is 2. The van der Waals surface area contributed by atoms with Crippen LogP contribution in [0.1, 0.15) is 25.0 Å². The molecule has 2 N–H and O–H groups in total. The van der Waals surface area contributed by atoms with Gasteiger partial charge in [-0.05, 0) is 35.4 Å². The van der Waals surface area contributed by atoms with E-state index >= 15 is 0 Å². The lowest BCUT2D eigenvalue weighted by Crippen LogP contribution is -2.38. The summed E-state index contributed by atoms with van der Waals surface area (Å²) < 4.78 is 3.12.